The van der Waals surface area contributed by atoms with Gasteiger partial charge in [0.25, 0.3) is 11.6 Å². The number of carbonyl (C=O) groups excluding carboxylic acids is 1. The molecular formula is C23H26N4O4. The smallest absolute Gasteiger partial charge is 0.272 e. The van der Waals surface area contributed by atoms with Crippen LogP contribution in [-0.4, -0.2) is 45.7 Å². The molecule has 3 rings (SSSR count). The Labute approximate surface area is 181 Å². The Morgan fingerprint density at radius 2 is 1.68 bits per heavy atom. The van der Waals surface area contributed by atoms with E-state index in [1.54, 1.807) is 30.0 Å². The molecule has 0 aliphatic rings. The summed E-state index contributed by atoms with van der Waals surface area (Å²) in [6.07, 6.45) is 1.70. The van der Waals surface area contributed by atoms with Gasteiger partial charge < -0.3 is 9.64 Å². The van der Waals surface area contributed by atoms with Crippen LogP contribution >= 0.6 is 0 Å². The molecule has 8 nitrogen and oxygen atoms in total. The van der Waals surface area contributed by atoms with Crippen LogP contribution in [0.3, 0.4) is 0 Å². The second-order valence-electron chi connectivity index (χ2n) is 7.12. The highest BCUT2D eigenvalue weighted by atomic mass is 16.6. The molecule has 0 N–H and O–H groups in total. The van der Waals surface area contributed by atoms with Gasteiger partial charge in [0.15, 0.2) is 0 Å². The third-order valence-corrected chi connectivity index (χ3v) is 4.89. The number of ether oxygens (including phenoxy) is 1. The fraction of sp³-hybridized carbons (Fsp3) is 0.304. The molecule has 1 aromatic heterocycles. The number of benzene rings is 2. The highest BCUT2D eigenvalue weighted by Crippen LogP contribution is 2.25. The van der Waals surface area contributed by atoms with Gasteiger partial charge in [-0.15, -0.1) is 0 Å². The van der Waals surface area contributed by atoms with Gasteiger partial charge in [0, 0.05) is 30.8 Å². The summed E-state index contributed by atoms with van der Waals surface area (Å²) < 4.78 is 6.78. The first kappa shape index (κ1) is 22.0. The fourth-order valence-corrected chi connectivity index (χ4v) is 3.37. The van der Waals surface area contributed by atoms with Crippen molar-refractivity contribution in [3.05, 3.63) is 70.4 Å². The Morgan fingerprint density at radius 1 is 1.06 bits per heavy atom. The molecule has 162 valence electrons. The Morgan fingerprint density at radius 3 is 2.19 bits per heavy atom. The third-order valence-electron chi connectivity index (χ3n) is 4.89. The van der Waals surface area contributed by atoms with Crippen LogP contribution in [0.2, 0.25) is 0 Å². The van der Waals surface area contributed by atoms with Crippen LogP contribution in [0.5, 0.6) is 5.75 Å². The minimum Gasteiger partial charge on any atom is -0.497 e. The maximum atomic E-state index is 13.4. The van der Waals surface area contributed by atoms with Crippen LogP contribution in [-0.2, 0) is 0 Å². The first-order valence-electron chi connectivity index (χ1n) is 10.3. The van der Waals surface area contributed by atoms with Gasteiger partial charge in [0.2, 0.25) is 0 Å². The topological polar surface area (TPSA) is 90.5 Å². The number of carbonyl (C=O) groups is 1. The molecule has 0 saturated carbocycles. The lowest BCUT2D eigenvalue weighted by molar-refractivity contribution is -0.384. The lowest BCUT2D eigenvalue weighted by Gasteiger charge is -2.21. The van der Waals surface area contributed by atoms with Crippen LogP contribution in [0.15, 0.2) is 54.6 Å². The van der Waals surface area contributed by atoms with E-state index in [0.717, 1.165) is 24.2 Å². The van der Waals surface area contributed by atoms with Gasteiger partial charge in [0.1, 0.15) is 11.4 Å². The molecular weight excluding hydrogens is 396 g/mol. The summed E-state index contributed by atoms with van der Waals surface area (Å²) in [5.41, 5.74) is 2.46. The number of hydrogen-bond donors (Lipinski definition) is 0. The number of nitro groups is 1. The van der Waals surface area contributed by atoms with Crippen molar-refractivity contribution in [3.63, 3.8) is 0 Å². The molecule has 0 fully saturated rings. The van der Waals surface area contributed by atoms with E-state index in [0.29, 0.717) is 30.2 Å². The van der Waals surface area contributed by atoms with E-state index < -0.39 is 4.92 Å². The van der Waals surface area contributed by atoms with Crippen LogP contribution in [0, 0.1) is 10.1 Å². The number of nitro benzene ring substituents is 1. The van der Waals surface area contributed by atoms with Crippen molar-refractivity contribution < 1.29 is 14.5 Å². The number of methoxy groups -OCH3 is 1. The van der Waals surface area contributed by atoms with Gasteiger partial charge in [-0.3, -0.25) is 14.9 Å². The van der Waals surface area contributed by atoms with Crippen LogP contribution in [0.1, 0.15) is 37.2 Å². The highest BCUT2D eigenvalue weighted by molar-refractivity contribution is 5.94. The maximum absolute atomic E-state index is 13.4. The molecule has 8 heteroatoms. The van der Waals surface area contributed by atoms with E-state index in [2.05, 4.69) is 5.10 Å². The number of nitrogens with zero attached hydrogens (tertiary/aromatic N) is 4. The molecule has 2 aromatic carbocycles. The second kappa shape index (κ2) is 9.88. The van der Waals surface area contributed by atoms with Crippen molar-refractivity contribution in [1.82, 2.24) is 14.7 Å². The highest BCUT2D eigenvalue weighted by Gasteiger charge is 2.22. The molecule has 3 aromatic rings. The van der Waals surface area contributed by atoms with Crippen molar-refractivity contribution in [2.75, 3.05) is 20.2 Å². The van der Waals surface area contributed by atoms with Gasteiger partial charge in [-0.25, -0.2) is 4.68 Å². The second-order valence-corrected chi connectivity index (χ2v) is 7.12. The van der Waals surface area contributed by atoms with Crippen molar-refractivity contribution in [2.45, 2.75) is 26.7 Å². The van der Waals surface area contributed by atoms with Crippen LogP contribution in [0.25, 0.3) is 16.9 Å². The summed E-state index contributed by atoms with van der Waals surface area (Å²) in [7, 11) is 1.60. The van der Waals surface area contributed by atoms with Gasteiger partial charge >= 0.3 is 0 Å². The summed E-state index contributed by atoms with van der Waals surface area (Å²) in [5.74, 6) is 0.612. The molecule has 0 spiro atoms. The first-order chi connectivity index (χ1) is 15.0. The van der Waals surface area contributed by atoms with E-state index in [4.69, 9.17) is 4.74 Å². The molecule has 0 aliphatic heterocycles. The van der Waals surface area contributed by atoms with E-state index in [9.17, 15) is 14.9 Å². The van der Waals surface area contributed by atoms with E-state index in [-0.39, 0.29) is 11.6 Å². The number of non-ortho nitro benzene ring substituents is 1. The summed E-state index contributed by atoms with van der Waals surface area (Å²) in [6, 6.07) is 15.2. The van der Waals surface area contributed by atoms with E-state index in [1.807, 2.05) is 43.0 Å². The van der Waals surface area contributed by atoms with Gasteiger partial charge in [-0.1, -0.05) is 13.8 Å². The number of rotatable bonds is 9. The molecule has 0 atom stereocenters. The van der Waals surface area contributed by atoms with Crippen molar-refractivity contribution >= 4 is 11.6 Å². The average molecular weight is 422 g/mol. The van der Waals surface area contributed by atoms with Crippen molar-refractivity contribution in [2.24, 2.45) is 0 Å². The zero-order chi connectivity index (χ0) is 22.4. The predicted octanol–water partition coefficient (Wildman–Crippen LogP) is 4.72. The molecule has 1 heterocycles. The minimum atomic E-state index is -0.452. The summed E-state index contributed by atoms with van der Waals surface area (Å²) in [4.78, 5) is 25.8. The van der Waals surface area contributed by atoms with Crippen LogP contribution in [0.4, 0.5) is 5.69 Å². The average Bonchev–Trinajstić information content (AvgIpc) is 3.24. The first-order valence-corrected chi connectivity index (χ1v) is 10.3. The Bertz CT molecular complexity index is 1040. The molecule has 0 bridgehead atoms. The molecule has 0 aliphatic carbocycles. The number of amides is 1. The van der Waals surface area contributed by atoms with Crippen LogP contribution < -0.4 is 4.74 Å². The lowest BCUT2D eigenvalue weighted by atomic mass is 10.1. The maximum Gasteiger partial charge on any atom is 0.272 e. The molecule has 1 amide bonds. The standard InChI is InChI=1S/C23H26N4O4/c1-4-14-25(15-5-2)23(28)22-16-21(17-6-12-20(31-3)13-7-17)24-26(22)18-8-10-19(11-9-18)27(29)30/h6-13,16H,4-5,14-15H2,1-3H3. The van der Waals surface area contributed by atoms with Gasteiger partial charge in [0.05, 0.1) is 23.4 Å². The summed E-state index contributed by atoms with van der Waals surface area (Å²) >= 11 is 0. The zero-order valence-corrected chi connectivity index (χ0v) is 17.9. The fourth-order valence-electron chi connectivity index (χ4n) is 3.37. The quantitative estimate of drug-likeness (QED) is 0.368. The SMILES string of the molecule is CCCN(CCC)C(=O)c1cc(-c2ccc(OC)cc2)nn1-c1ccc([N+](=O)[O-])cc1. The normalized spacial score (nSPS) is 10.7. The zero-order valence-electron chi connectivity index (χ0n) is 17.9. The van der Waals surface area contributed by atoms with Gasteiger partial charge in [-0.2, -0.15) is 5.10 Å². The number of aromatic nitrogens is 2. The van der Waals surface area contributed by atoms with Crippen molar-refractivity contribution in [3.8, 4) is 22.7 Å². The third kappa shape index (κ3) is 4.91. The Balaban J connectivity index is 2.08. The Hall–Kier alpha value is -3.68. The summed E-state index contributed by atoms with van der Waals surface area (Å²) in [5, 5.41) is 15.7. The minimum absolute atomic E-state index is 0.0160. The largest absolute Gasteiger partial charge is 0.497 e. The monoisotopic (exact) mass is 422 g/mol. The lowest BCUT2D eigenvalue weighted by Crippen LogP contribution is -2.33. The van der Waals surface area contributed by atoms with E-state index in [1.165, 1.54) is 12.1 Å². The predicted molar refractivity (Wildman–Crippen MR) is 119 cm³/mol. The number of hydrogen-bond acceptors (Lipinski definition) is 5. The Kier molecular flexibility index (Phi) is 7.02. The molecule has 0 saturated heterocycles. The van der Waals surface area contributed by atoms with Crippen molar-refractivity contribution in [1.29, 1.82) is 0 Å². The molecule has 0 radical (unpaired) electrons. The molecule has 0 unspecified atom stereocenters. The van der Waals surface area contributed by atoms with Gasteiger partial charge in [-0.05, 0) is 55.3 Å². The summed E-state index contributed by atoms with van der Waals surface area (Å²) in [6.45, 7) is 5.37. The molecule has 31 heavy (non-hydrogen) atoms. The van der Waals surface area contributed by atoms with E-state index >= 15 is 0 Å².